The Bertz CT molecular complexity index is 1010. The second kappa shape index (κ2) is 10.6. The summed E-state index contributed by atoms with van der Waals surface area (Å²) in [5.74, 6) is -0.555. The molecule has 2 fully saturated rings. The largest absolute Gasteiger partial charge is 0.481 e. The number of aryl methyl sites for hydroxylation is 1. The van der Waals surface area contributed by atoms with Crippen molar-refractivity contribution in [2.75, 3.05) is 16.8 Å². The summed E-state index contributed by atoms with van der Waals surface area (Å²) in [6.45, 7) is 7.45. The van der Waals surface area contributed by atoms with Crippen LogP contribution < -0.4 is 10.2 Å². The highest BCUT2D eigenvalue weighted by Gasteiger charge is 2.44. The quantitative estimate of drug-likeness (QED) is 0.468. The number of carbonyl (C=O) groups excluding carboxylic acids is 1. The molecule has 182 valence electrons. The number of carboxylic acids is 1. The van der Waals surface area contributed by atoms with Gasteiger partial charge in [0.25, 0.3) is 0 Å². The number of rotatable bonds is 9. The van der Waals surface area contributed by atoms with E-state index in [0.717, 1.165) is 29.0 Å². The van der Waals surface area contributed by atoms with E-state index in [1.54, 1.807) is 0 Å². The number of hydrogen-bond donors (Lipinski definition) is 2. The number of nitrogens with one attached hydrogen (secondary N) is 1. The Morgan fingerprint density at radius 3 is 2.38 bits per heavy atom. The Kier molecular flexibility index (Phi) is 7.60. The molecule has 34 heavy (non-hydrogen) atoms. The van der Waals surface area contributed by atoms with E-state index in [2.05, 4.69) is 36.2 Å². The molecule has 0 unspecified atom stereocenters. The minimum atomic E-state index is -0.734. The van der Waals surface area contributed by atoms with Crippen LogP contribution in [0.1, 0.15) is 75.0 Å². The maximum absolute atomic E-state index is 13.1. The fourth-order valence-corrected chi connectivity index (χ4v) is 5.29. The average molecular weight is 463 g/mol. The van der Waals surface area contributed by atoms with Gasteiger partial charge in [-0.3, -0.25) is 9.59 Å². The van der Waals surface area contributed by atoms with Crippen molar-refractivity contribution in [1.82, 2.24) is 0 Å². The number of nitrogens with zero attached hydrogens (tertiary/aromatic N) is 1. The molecule has 2 aromatic rings. The number of carbonyl (C=O) groups is 2. The lowest BCUT2D eigenvalue weighted by atomic mass is 9.92. The van der Waals surface area contributed by atoms with Crippen LogP contribution in [0.15, 0.2) is 42.5 Å². The lowest BCUT2D eigenvalue weighted by Gasteiger charge is -2.38. The molecule has 5 heteroatoms. The normalized spacial score (nSPS) is 20.2. The molecule has 2 atom stereocenters. The highest BCUT2D eigenvalue weighted by molar-refractivity contribution is 5.96. The second-order valence-corrected chi connectivity index (χ2v) is 10.6. The van der Waals surface area contributed by atoms with E-state index in [0.29, 0.717) is 24.8 Å². The van der Waals surface area contributed by atoms with E-state index in [1.165, 1.54) is 37.7 Å². The third-order valence-corrected chi connectivity index (χ3v) is 7.20. The number of anilines is 2. The van der Waals surface area contributed by atoms with E-state index in [-0.39, 0.29) is 17.7 Å². The summed E-state index contributed by atoms with van der Waals surface area (Å²) in [6, 6.07) is 14.8. The molecule has 0 aromatic heterocycles. The number of carboxylic acid groups (broad SMARTS) is 1. The number of aliphatic carboxylic acids is 1. The van der Waals surface area contributed by atoms with E-state index in [9.17, 15) is 14.7 Å². The van der Waals surface area contributed by atoms with Crippen LogP contribution in [0.5, 0.6) is 0 Å². The van der Waals surface area contributed by atoms with Gasteiger partial charge in [-0.1, -0.05) is 69.0 Å². The molecule has 2 saturated carbocycles. The Morgan fingerprint density at radius 1 is 1.06 bits per heavy atom. The molecule has 0 spiro atoms. The van der Waals surface area contributed by atoms with Crippen LogP contribution in [-0.4, -0.2) is 29.6 Å². The first-order valence-corrected chi connectivity index (χ1v) is 12.8. The molecule has 1 amide bonds. The van der Waals surface area contributed by atoms with Crippen molar-refractivity contribution in [3.63, 3.8) is 0 Å². The second-order valence-electron chi connectivity index (χ2n) is 10.6. The summed E-state index contributed by atoms with van der Waals surface area (Å²) in [5, 5.41) is 12.6. The summed E-state index contributed by atoms with van der Waals surface area (Å²) in [5.41, 5.74) is 5.05. The molecule has 2 aliphatic rings. The maximum Gasteiger partial charge on any atom is 0.307 e. The van der Waals surface area contributed by atoms with Gasteiger partial charge in [0.1, 0.15) is 0 Å². The van der Waals surface area contributed by atoms with Crippen LogP contribution in [0.2, 0.25) is 0 Å². The van der Waals surface area contributed by atoms with Gasteiger partial charge in [0, 0.05) is 12.6 Å². The zero-order chi connectivity index (χ0) is 24.2. The van der Waals surface area contributed by atoms with Crippen LogP contribution in [0.4, 0.5) is 11.4 Å². The highest BCUT2D eigenvalue weighted by atomic mass is 16.4. The van der Waals surface area contributed by atoms with Crippen LogP contribution in [0, 0.1) is 18.8 Å². The predicted octanol–water partition coefficient (Wildman–Crippen LogP) is 6.16. The van der Waals surface area contributed by atoms with Crippen LogP contribution in [-0.2, 0) is 16.0 Å². The SMILES string of the molecule is Cc1ccc(CC(=O)Nc2cc([C@@H]3C[C@@H]3C(=O)O)ccc2N(CC(C)C)C2CCCCC2)cc1. The third kappa shape index (κ3) is 5.99. The maximum atomic E-state index is 13.1. The van der Waals surface area contributed by atoms with Gasteiger partial charge in [-0.05, 0) is 61.3 Å². The minimum absolute atomic E-state index is 0.0347. The fraction of sp³-hybridized carbons (Fsp3) is 0.517. The van der Waals surface area contributed by atoms with Gasteiger partial charge in [-0.25, -0.2) is 0 Å². The molecular weight excluding hydrogens is 424 g/mol. The Balaban J connectivity index is 1.63. The summed E-state index contributed by atoms with van der Waals surface area (Å²) in [6.07, 6.45) is 7.12. The van der Waals surface area contributed by atoms with Crippen molar-refractivity contribution >= 4 is 23.3 Å². The summed E-state index contributed by atoms with van der Waals surface area (Å²) < 4.78 is 0. The first kappa shape index (κ1) is 24.3. The Hall–Kier alpha value is -2.82. The van der Waals surface area contributed by atoms with Crippen LogP contribution in [0.25, 0.3) is 0 Å². The molecule has 0 saturated heterocycles. The van der Waals surface area contributed by atoms with Gasteiger partial charge in [0.05, 0.1) is 23.7 Å². The van der Waals surface area contributed by atoms with Crippen molar-refractivity contribution in [3.8, 4) is 0 Å². The van der Waals surface area contributed by atoms with Crippen LogP contribution >= 0.6 is 0 Å². The summed E-state index contributed by atoms with van der Waals surface area (Å²) >= 11 is 0. The Labute approximate surface area is 203 Å². The molecule has 0 aliphatic heterocycles. The van der Waals surface area contributed by atoms with Crippen molar-refractivity contribution in [2.45, 2.75) is 77.7 Å². The van der Waals surface area contributed by atoms with Crippen LogP contribution in [0.3, 0.4) is 0 Å². The van der Waals surface area contributed by atoms with Crippen molar-refractivity contribution in [3.05, 3.63) is 59.2 Å². The van der Waals surface area contributed by atoms with Gasteiger partial charge < -0.3 is 15.3 Å². The third-order valence-electron chi connectivity index (χ3n) is 7.20. The molecule has 2 N–H and O–H groups in total. The van der Waals surface area contributed by atoms with Gasteiger partial charge in [-0.15, -0.1) is 0 Å². The van der Waals surface area contributed by atoms with Crippen molar-refractivity contribution in [1.29, 1.82) is 0 Å². The van der Waals surface area contributed by atoms with E-state index < -0.39 is 5.97 Å². The molecule has 0 heterocycles. The predicted molar refractivity (Wildman–Crippen MR) is 137 cm³/mol. The topological polar surface area (TPSA) is 69.6 Å². The number of amides is 1. The lowest BCUT2D eigenvalue weighted by Crippen LogP contribution is -2.40. The first-order chi connectivity index (χ1) is 16.3. The van der Waals surface area contributed by atoms with Crippen molar-refractivity contribution < 1.29 is 14.7 Å². The fourth-order valence-electron chi connectivity index (χ4n) is 5.29. The van der Waals surface area contributed by atoms with Crippen molar-refractivity contribution in [2.24, 2.45) is 11.8 Å². The van der Waals surface area contributed by atoms with Gasteiger partial charge in [0.2, 0.25) is 5.91 Å². The summed E-state index contributed by atoms with van der Waals surface area (Å²) in [7, 11) is 0. The van der Waals surface area contributed by atoms with Gasteiger partial charge in [0.15, 0.2) is 0 Å². The molecular formula is C29H38N2O3. The molecule has 5 nitrogen and oxygen atoms in total. The molecule has 0 radical (unpaired) electrons. The molecule has 2 aromatic carbocycles. The summed E-state index contributed by atoms with van der Waals surface area (Å²) in [4.78, 5) is 27.0. The lowest BCUT2D eigenvalue weighted by molar-refractivity contribution is -0.138. The first-order valence-electron chi connectivity index (χ1n) is 12.8. The zero-order valence-electron chi connectivity index (χ0n) is 20.7. The van der Waals surface area contributed by atoms with Gasteiger partial charge >= 0.3 is 5.97 Å². The van der Waals surface area contributed by atoms with E-state index in [4.69, 9.17) is 0 Å². The molecule has 2 aliphatic carbocycles. The minimum Gasteiger partial charge on any atom is -0.481 e. The van der Waals surface area contributed by atoms with E-state index in [1.807, 2.05) is 37.3 Å². The zero-order valence-corrected chi connectivity index (χ0v) is 20.7. The van der Waals surface area contributed by atoms with Gasteiger partial charge in [-0.2, -0.15) is 0 Å². The number of benzene rings is 2. The molecule has 4 rings (SSSR count). The highest BCUT2D eigenvalue weighted by Crippen LogP contribution is 2.49. The standard InChI is InChI=1S/C29H38N2O3/c1-19(2)18-31(23-7-5-4-6-8-23)27-14-13-22(24-17-25(24)29(33)34)16-26(27)30-28(32)15-21-11-9-20(3)10-12-21/h9-14,16,19,23-25H,4-8,15,17-18H2,1-3H3,(H,30,32)(H,33,34)/t24-,25-/m0/s1. The Morgan fingerprint density at radius 2 is 1.76 bits per heavy atom. The molecule has 0 bridgehead atoms. The van der Waals surface area contributed by atoms with E-state index >= 15 is 0 Å². The smallest absolute Gasteiger partial charge is 0.307 e. The monoisotopic (exact) mass is 462 g/mol. The number of hydrogen-bond acceptors (Lipinski definition) is 3. The average Bonchev–Trinajstić information content (AvgIpc) is 3.61.